The van der Waals surface area contributed by atoms with E-state index in [0.29, 0.717) is 11.2 Å². The number of halogens is 1. The SMILES string of the molecule is CC(CC(=O)O)Cn1c(=O)c2cc(F)c(NC3CCCCC3)cc2n(C2CCCC2)c1=O. The molecule has 2 N–H and O–H groups in total. The quantitative estimate of drug-likeness (QED) is 0.664. The van der Waals surface area contributed by atoms with Crippen LogP contribution in [0.15, 0.2) is 21.7 Å². The summed E-state index contributed by atoms with van der Waals surface area (Å²) in [5, 5.41) is 12.5. The second-order valence-corrected chi connectivity index (χ2v) is 9.54. The molecule has 0 saturated heterocycles. The summed E-state index contributed by atoms with van der Waals surface area (Å²) in [6.45, 7) is 1.69. The molecule has 0 bridgehead atoms. The Balaban J connectivity index is 1.83. The molecule has 0 amide bonds. The van der Waals surface area contributed by atoms with Gasteiger partial charge in [0.1, 0.15) is 5.82 Å². The fraction of sp³-hybridized carbons (Fsp3) is 0.625. The molecule has 1 aromatic carbocycles. The van der Waals surface area contributed by atoms with Crippen LogP contribution in [0.5, 0.6) is 0 Å². The predicted molar refractivity (Wildman–Crippen MR) is 122 cm³/mol. The number of nitrogens with one attached hydrogen (secondary N) is 1. The molecule has 1 unspecified atom stereocenters. The number of benzene rings is 1. The van der Waals surface area contributed by atoms with Crippen molar-refractivity contribution < 1.29 is 14.3 Å². The van der Waals surface area contributed by atoms with E-state index < -0.39 is 29.0 Å². The summed E-state index contributed by atoms with van der Waals surface area (Å²) in [4.78, 5) is 37.7. The third-order valence-corrected chi connectivity index (χ3v) is 6.93. The van der Waals surface area contributed by atoms with Crippen LogP contribution in [0.1, 0.15) is 77.2 Å². The lowest BCUT2D eigenvalue weighted by Crippen LogP contribution is -2.42. The number of hydrogen-bond acceptors (Lipinski definition) is 4. The van der Waals surface area contributed by atoms with Gasteiger partial charge in [0.2, 0.25) is 0 Å². The zero-order chi connectivity index (χ0) is 22.8. The van der Waals surface area contributed by atoms with Gasteiger partial charge in [0.05, 0.1) is 16.6 Å². The molecule has 2 aliphatic carbocycles. The summed E-state index contributed by atoms with van der Waals surface area (Å²) < 4.78 is 17.8. The highest BCUT2D eigenvalue weighted by molar-refractivity contribution is 5.82. The molecule has 4 rings (SSSR count). The van der Waals surface area contributed by atoms with Gasteiger partial charge in [-0.05, 0) is 43.7 Å². The van der Waals surface area contributed by atoms with Crippen molar-refractivity contribution in [2.75, 3.05) is 5.32 Å². The first kappa shape index (κ1) is 22.6. The van der Waals surface area contributed by atoms with Crippen LogP contribution in [-0.2, 0) is 11.3 Å². The van der Waals surface area contributed by atoms with Gasteiger partial charge >= 0.3 is 11.7 Å². The van der Waals surface area contributed by atoms with Gasteiger partial charge in [-0.3, -0.25) is 18.7 Å². The number of nitrogens with zero attached hydrogens (tertiary/aromatic N) is 2. The van der Waals surface area contributed by atoms with Gasteiger partial charge in [-0.15, -0.1) is 0 Å². The number of hydrogen-bond donors (Lipinski definition) is 2. The van der Waals surface area contributed by atoms with Crippen LogP contribution in [0.2, 0.25) is 0 Å². The standard InChI is InChI=1S/C24H32FN3O4/c1-15(11-22(29)30)14-27-23(31)18-12-19(25)20(26-16-7-3-2-4-8-16)13-21(18)28(24(27)32)17-9-5-6-10-17/h12-13,15-17,26H,2-11,14H2,1H3,(H,29,30). The van der Waals surface area contributed by atoms with Crippen molar-refractivity contribution in [1.82, 2.24) is 9.13 Å². The van der Waals surface area contributed by atoms with E-state index in [1.165, 1.54) is 12.5 Å². The third-order valence-electron chi connectivity index (χ3n) is 6.93. The number of carbonyl (C=O) groups is 1. The molecule has 0 radical (unpaired) electrons. The van der Waals surface area contributed by atoms with Crippen LogP contribution in [0.25, 0.3) is 10.9 Å². The molecule has 174 valence electrons. The number of aliphatic carboxylic acids is 1. The molecule has 2 saturated carbocycles. The molecule has 1 atom stereocenters. The highest BCUT2D eigenvalue weighted by Gasteiger charge is 2.25. The summed E-state index contributed by atoms with van der Waals surface area (Å²) in [5.74, 6) is -1.88. The molecule has 8 heteroatoms. The number of carboxylic acids is 1. The maximum Gasteiger partial charge on any atom is 0.331 e. The lowest BCUT2D eigenvalue weighted by Gasteiger charge is -2.25. The average molecular weight is 446 g/mol. The van der Waals surface area contributed by atoms with Crippen molar-refractivity contribution in [3.05, 3.63) is 38.8 Å². The van der Waals surface area contributed by atoms with Gasteiger partial charge in [-0.2, -0.15) is 0 Å². The Labute approximate surface area is 186 Å². The Bertz CT molecular complexity index is 1110. The zero-order valence-electron chi connectivity index (χ0n) is 18.6. The molecule has 32 heavy (non-hydrogen) atoms. The van der Waals surface area contributed by atoms with Crippen molar-refractivity contribution in [1.29, 1.82) is 0 Å². The van der Waals surface area contributed by atoms with Crippen molar-refractivity contribution in [3.8, 4) is 0 Å². The minimum atomic E-state index is -0.980. The summed E-state index contributed by atoms with van der Waals surface area (Å²) in [5.41, 5.74) is -0.179. The largest absolute Gasteiger partial charge is 0.481 e. The smallest absolute Gasteiger partial charge is 0.331 e. The van der Waals surface area contributed by atoms with E-state index in [9.17, 15) is 14.4 Å². The van der Waals surface area contributed by atoms with E-state index >= 15 is 4.39 Å². The van der Waals surface area contributed by atoms with Crippen molar-refractivity contribution in [2.24, 2.45) is 5.92 Å². The summed E-state index contributed by atoms with van der Waals surface area (Å²) in [7, 11) is 0. The topological polar surface area (TPSA) is 93.3 Å². The predicted octanol–water partition coefficient (Wildman–Crippen LogP) is 4.27. The lowest BCUT2D eigenvalue weighted by molar-refractivity contribution is -0.138. The Morgan fingerprint density at radius 3 is 2.44 bits per heavy atom. The van der Waals surface area contributed by atoms with Crippen LogP contribution < -0.4 is 16.6 Å². The number of rotatable bonds is 7. The third kappa shape index (κ3) is 4.59. The van der Waals surface area contributed by atoms with Crippen molar-refractivity contribution >= 4 is 22.6 Å². The van der Waals surface area contributed by atoms with E-state index in [1.54, 1.807) is 17.6 Å². The summed E-state index contributed by atoms with van der Waals surface area (Å²) in [6.07, 6.45) is 8.90. The molecule has 7 nitrogen and oxygen atoms in total. The first-order chi connectivity index (χ1) is 15.3. The maximum atomic E-state index is 15.1. The van der Waals surface area contributed by atoms with Crippen molar-refractivity contribution in [2.45, 2.75) is 89.8 Å². The molecular weight excluding hydrogens is 413 g/mol. The Hall–Kier alpha value is -2.64. The second kappa shape index (κ2) is 9.46. The number of fused-ring (bicyclic) bond motifs is 1. The Morgan fingerprint density at radius 1 is 1.12 bits per heavy atom. The van der Waals surface area contributed by atoms with Crippen LogP contribution >= 0.6 is 0 Å². The monoisotopic (exact) mass is 445 g/mol. The number of carboxylic acid groups (broad SMARTS) is 1. The van der Waals surface area contributed by atoms with Gasteiger partial charge in [0.15, 0.2) is 0 Å². The lowest BCUT2D eigenvalue weighted by atomic mass is 9.95. The van der Waals surface area contributed by atoms with Gasteiger partial charge < -0.3 is 10.4 Å². The maximum absolute atomic E-state index is 15.1. The first-order valence-electron chi connectivity index (χ1n) is 11.8. The average Bonchev–Trinajstić information content (AvgIpc) is 3.27. The van der Waals surface area contributed by atoms with E-state index in [2.05, 4.69) is 5.32 Å². The van der Waals surface area contributed by atoms with Gasteiger partial charge in [0, 0.05) is 25.0 Å². The summed E-state index contributed by atoms with van der Waals surface area (Å²) >= 11 is 0. The molecule has 1 aromatic heterocycles. The van der Waals surface area contributed by atoms with E-state index in [-0.39, 0.29) is 30.4 Å². The van der Waals surface area contributed by atoms with Crippen LogP contribution in [0, 0.1) is 11.7 Å². The molecule has 2 fully saturated rings. The summed E-state index contributed by atoms with van der Waals surface area (Å²) in [6, 6.07) is 3.02. The Kier molecular flexibility index (Phi) is 6.67. The minimum Gasteiger partial charge on any atom is -0.481 e. The molecule has 2 aliphatic rings. The van der Waals surface area contributed by atoms with E-state index in [4.69, 9.17) is 5.11 Å². The van der Waals surface area contributed by atoms with Crippen molar-refractivity contribution in [3.63, 3.8) is 0 Å². The molecule has 1 heterocycles. The number of anilines is 1. The van der Waals surface area contributed by atoms with Crippen LogP contribution in [-0.4, -0.2) is 26.3 Å². The van der Waals surface area contributed by atoms with Gasteiger partial charge in [-0.1, -0.05) is 39.0 Å². The highest BCUT2D eigenvalue weighted by Crippen LogP contribution is 2.32. The molecule has 0 aliphatic heterocycles. The second-order valence-electron chi connectivity index (χ2n) is 9.54. The molecule has 0 spiro atoms. The Morgan fingerprint density at radius 2 is 1.78 bits per heavy atom. The molecule has 2 aromatic rings. The fourth-order valence-electron chi connectivity index (χ4n) is 5.33. The number of aromatic nitrogens is 2. The minimum absolute atomic E-state index is 0.00365. The first-order valence-corrected chi connectivity index (χ1v) is 11.8. The van der Waals surface area contributed by atoms with Crippen LogP contribution in [0.3, 0.4) is 0 Å². The molecular formula is C24H32FN3O4. The highest BCUT2D eigenvalue weighted by atomic mass is 19.1. The van der Waals surface area contributed by atoms with Crippen LogP contribution in [0.4, 0.5) is 10.1 Å². The van der Waals surface area contributed by atoms with Gasteiger partial charge in [-0.25, -0.2) is 9.18 Å². The van der Waals surface area contributed by atoms with E-state index in [1.807, 2.05) is 0 Å². The van der Waals surface area contributed by atoms with E-state index in [0.717, 1.165) is 55.9 Å². The fourth-order valence-corrected chi connectivity index (χ4v) is 5.33. The normalized spacial score (nSPS) is 18.8. The van der Waals surface area contributed by atoms with Gasteiger partial charge in [0.25, 0.3) is 5.56 Å². The zero-order valence-corrected chi connectivity index (χ0v) is 18.6.